The Morgan fingerprint density at radius 2 is 1.79 bits per heavy atom. The van der Waals surface area contributed by atoms with Crippen LogP contribution in [0.25, 0.3) is 0 Å². The minimum Gasteiger partial charge on any atom is -0.319 e. The zero-order chi connectivity index (χ0) is 10.8. The van der Waals surface area contributed by atoms with Gasteiger partial charge in [-0.2, -0.15) is 0 Å². The summed E-state index contributed by atoms with van der Waals surface area (Å²) in [6.45, 7) is 5.02. The average Bonchev–Trinajstić information content (AvgIpc) is 2.30. The summed E-state index contributed by atoms with van der Waals surface area (Å²) in [5.74, 6) is 0. The van der Waals surface area contributed by atoms with Gasteiger partial charge < -0.3 is 5.32 Å². The molecule has 0 aliphatic rings. The van der Waals surface area contributed by atoms with Crippen LogP contribution in [0.4, 0.5) is 0 Å². The molecule has 0 heterocycles. The Morgan fingerprint density at radius 3 is 2.21 bits per heavy atom. The summed E-state index contributed by atoms with van der Waals surface area (Å²) in [6, 6.07) is 8.34. The molecular formula is C11H20N2S. The SMILES string of the molecule is CC.CNCCc1ccc(SN)cc1. The summed E-state index contributed by atoms with van der Waals surface area (Å²) in [6.07, 6.45) is 1.08. The second-order valence-electron chi connectivity index (χ2n) is 2.62. The van der Waals surface area contributed by atoms with Crippen LogP contribution in [0.3, 0.4) is 0 Å². The molecule has 0 radical (unpaired) electrons. The fraction of sp³-hybridized carbons (Fsp3) is 0.455. The molecule has 0 aliphatic carbocycles. The molecule has 1 rings (SSSR count). The second kappa shape index (κ2) is 9.06. The van der Waals surface area contributed by atoms with Crippen LogP contribution in [0.15, 0.2) is 29.2 Å². The summed E-state index contributed by atoms with van der Waals surface area (Å²) < 4.78 is 0. The van der Waals surface area contributed by atoms with Gasteiger partial charge in [0.1, 0.15) is 0 Å². The van der Waals surface area contributed by atoms with E-state index in [0.29, 0.717) is 0 Å². The number of hydrogen-bond acceptors (Lipinski definition) is 3. The fourth-order valence-electron chi connectivity index (χ4n) is 1.00. The molecule has 0 unspecified atom stereocenters. The smallest absolute Gasteiger partial charge is 0.0226 e. The van der Waals surface area contributed by atoms with Crippen molar-refractivity contribution >= 4 is 11.9 Å². The quantitative estimate of drug-likeness (QED) is 0.753. The van der Waals surface area contributed by atoms with Crippen LogP contribution in [-0.2, 0) is 6.42 Å². The number of nitrogens with one attached hydrogen (secondary N) is 1. The highest BCUT2D eigenvalue weighted by atomic mass is 32.2. The number of likely N-dealkylation sites (N-methyl/N-ethyl adjacent to an activating group) is 1. The molecule has 80 valence electrons. The van der Waals surface area contributed by atoms with Gasteiger partial charge in [0.2, 0.25) is 0 Å². The van der Waals surface area contributed by atoms with Crippen molar-refractivity contribution < 1.29 is 0 Å². The molecule has 3 N–H and O–H groups in total. The van der Waals surface area contributed by atoms with Gasteiger partial charge in [-0.1, -0.05) is 26.0 Å². The molecule has 0 saturated heterocycles. The van der Waals surface area contributed by atoms with Gasteiger partial charge in [0.05, 0.1) is 0 Å². The van der Waals surface area contributed by atoms with Crippen LogP contribution in [0.5, 0.6) is 0 Å². The lowest BCUT2D eigenvalue weighted by Gasteiger charge is -2.01. The largest absolute Gasteiger partial charge is 0.319 e. The standard InChI is InChI=1S/C9H14N2S.C2H6/c1-11-7-6-8-2-4-9(12-10)5-3-8;1-2/h2-5,11H,6-7,10H2,1H3;1-2H3. The van der Waals surface area contributed by atoms with E-state index < -0.39 is 0 Å². The lowest BCUT2D eigenvalue weighted by atomic mass is 10.1. The second-order valence-corrected chi connectivity index (χ2v) is 3.32. The molecule has 0 bridgehead atoms. The molecule has 0 aliphatic heterocycles. The highest BCUT2D eigenvalue weighted by Gasteiger charge is 1.92. The van der Waals surface area contributed by atoms with Gasteiger partial charge in [-0.25, -0.2) is 0 Å². The van der Waals surface area contributed by atoms with E-state index in [0.717, 1.165) is 17.9 Å². The van der Waals surface area contributed by atoms with E-state index in [4.69, 9.17) is 5.14 Å². The van der Waals surface area contributed by atoms with Gasteiger partial charge in [-0.15, -0.1) is 0 Å². The summed E-state index contributed by atoms with van der Waals surface area (Å²) in [5.41, 5.74) is 1.35. The van der Waals surface area contributed by atoms with Crippen molar-refractivity contribution in [3.8, 4) is 0 Å². The Balaban J connectivity index is 0.000000791. The van der Waals surface area contributed by atoms with E-state index in [2.05, 4.69) is 29.6 Å². The van der Waals surface area contributed by atoms with Crippen molar-refractivity contribution in [2.45, 2.75) is 25.2 Å². The Morgan fingerprint density at radius 1 is 1.21 bits per heavy atom. The molecule has 2 nitrogen and oxygen atoms in total. The maximum absolute atomic E-state index is 5.40. The first kappa shape index (κ1) is 13.5. The van der Waals surface area contributed by atoms with Crippen molar-refractivity contribution in [2.75, 3.05) is 13.6 Å². The van der Waals surface area contributed by atoms with Gasteiger partial charge in [-0.3, -0.25) is 5.14 Å². The van der Waals surface area contributed by atoms with E-state index >= 15 is 0 Å². The third-order valence-electron chi connectivity index (χ3n) is 1.72. The Kier molecular flexibility index (Phi) is 8.73. The summed E-state index contributed by atoms with van der Waals surface area (Å²) in [7, 11) is 1.96. The van der Waals surface area contributed by atoms with Crippen molar-refractivity contribution in [1.29, 1.82) is 0 Å². The molecule has 1 aromatic rings. The van der Waals surface area contributed by atoms with E-state index in [1.54, 1.807) is 0 Å². The monoisotopic (exact) mass is 212 g/mol. The van der Waals surface area contributed by atoms with Crippen LogP contribution in [0.1, 0.15) is 19.4 Å². The van der Waals surface area contributed by atoms with E-state index in [1.165, 1.54) is 17.5 Å². The van der Waals surface area contributed by atoms with Gasteiger partial charge in [0.15, 0.2) is 0 Å². The minimum atomic E-state index is 1.02. The first-order chi connectivity index (χ1) is 6.86. The molecule has 14 heavy (non-hydrogen) atoms. The third kappa shape index (κ3) is 5.27. The first-order valence-corrected chi connectivity index (χ1v) is 5.85. The van der Waals surface area contributed by atoms with Gasteiger partial charge >= 0.3 is 0 Å². The lowest BCUT2D eigenvalue weighted by Crippen LogP contribution is -2.10. The number of benzene rings is 1. The predicted octanol–water partition coefficient (Wildman–Crippen LogP) is 2.44. The van der Waals surface area contributed by atoms with Crippen molar-refractivity contribution in [3.63, 3.8) is 0 Å². The maximum atomic E-state index is 5.40. The van der Waals surface area contributed by atoms with Crippen molar-refractivity contribution in [2.24, 2.45) is 5.14 Å². The van der Waals surface area contributed by atoms with Crippen molar-refractivity contribution in [3.05, 3.63) is 29.8 Å². The number of hydrogen-bond donors (Lipinski definition) is 2. The van der Waals surface area contributed by atoms with Gasteiger partial charge in [-0.05, 0) is 49.7 Å². The molecule has 0 spiro atoms. The molecule has 3 heteroatoms. The van der Waals surface area contributed by atoms with Crippen LogP contribution < -0.4 is 10.5 Å². The first-order valence-electron chi connectivity index (χ1n) is 4.97. The highest BCUT2D eigenvalue weighted by molar-refractivity contribution is 7.97. The highest BCUT2D eigenvalue weighted by Crippen LogP contribution is 2.12. The molecule has 0 saturated carbocycles. The van der Waals surface area contributed by atoms with Crippen molar-refractivity contribution in [1.82, 2.24) is 5.32 Å². The van der Waals surface area contributed by atoms with E-state index in [-0.39, 0.29) is 0 Å². The van der Waals surface area contributed by atoms with Gasteiger partial charge in [0, 0.05) is 4.90 Å². The fourth-order valence-corrected chi connectivity index (χ4v) is 1.30. The topological polar surface area (TPSA) is 38.0 Å². The molecule has 0 fully saturated rings. The van der Waals surface area contributed by atoms with Crippen LogP contribution in [0, 0.1) is 0 Å². The molecule has 1 aromatic carbocycles. The molecule has 0 aromatic heterocycles. The Labute approximate surface area is 91.4 Å². The van der Waals surface area contributed by atoms with Gasteiger partial charge in [0.25, 0.3) is 0 Å². The summed E-state index contributed by atoms with van der Waals surface area (Å²) >= 11 is 1.29. The van der Waals surface area contributed by atoms with Crippen LogP contribution >= 0.6 is 11.9 Å². The minimum absolute atomic E-state index is 1.02. The lowest BCUT2D eigenvalue weighted by molar-refractivity contribution is 0.791. The van der Waals surface area contributed by atoms with E-state index in [9.17, 15) is 0 Å². The Hall–Kier alpha value is -0.510. The predicted molar refractivity (Wildman–Crippen MR) is 65.5 cm³/mol. The number of nitrogens with two attached hydrogens (primary N) is 1. The third-order valence-corrected chi connectivity index (χ3v) is 2.27. The molecule has 0 amide bonds. The average molecular weight is 212 g/mol. The molecule has 0 atom stereocenters. The normalized spacial score (nSPS) is 9.14. The van der Waals surface area contributed by atoms with Crippen LogP contribution in [0.2, 0.25) is 0 Å². The Bertz CT molecular complexity index is 221. The number of rotatable bonds is 4. The molecular weight excluding hydrogens is 192 g/mol. The van der Waals surface area contributed by atoms with Crippen LogP contribution in [-0.4, -0.2) is 13.6 Å². The zero-order valence-corrected chi connectivity index (χ0v) is 10.0. The summed E-state index contributed by atoms with van der Waals surface area (Å²) in [5, 5.41) is 8.52. The van der Waals surface area contributed by atoms with E-state index in [1.807, 2.05) is 20.9 Å². The maximum Gasteiger partial charge on any atom is 0.0226 e. The summed E-state index contributed by atoms with van der Waals surface area (Å²) in [4.78, 5) is 1.11. The zero-order valence-electron chi connectivity index (χ0n) is 9.21.